The monoisotopic (exact) mass is 482 g/mol. The van der Waals surface area contributed by atoms with Gasteiger partial charge in [0.05, 0.1) is 37.4 Å². The van der Waals surface area contributed by atoms with Crippen LogP contribution in [0.2, 0.25) is 0 Å². The molecule has 1 N–H and O–H groups in total. The summed E-state index contributed by atoms with van der Waals surface area (Å²) in [5.74, 6) is -0.344. The van der Waals surface area contributed by atoms with Gasteiger partial charge in [-0.05, 0) is 24.3 Å². The summed E-state index contributed by atoms with van der Waals surface area (Å²) in [6.07, 6.45) is 1.36. The number of nitrogens with one attached hydrogen (secondary N) is 1. The fourth-order valence-corrected chi connectivity index (χ4v) is 4.45. The molecule has 1 aromatic heterocycles. The van der Waals surface area contributed by atoms with Gasteiger partial charge in [-0.3, -0.25) is 9.59 Å². The second-order valence-corrected chi connectivity index (χ2v) is 8.26. The molecule has 176 valence electrons. The second kappa shape index (κ2) is 10.3. The van der Waals surface area contributed by atoms with Crippen LogP contribution < -0.4 is 19.7 Å². The summed E-state index contributed by atoms with van der Waals surface area (Å²) in [6.45, 7) is 0.0522. The Hall–Kier alpha value is -3.92. The van der Waals surface area contributed by atoms with Crippen LogP contribution in [-0.4, -0.2) is 50.9 Å². The van der Waals surface area contributed by atoms with Crippen molar-refractivity contribution in [3.63, 3.8) is 0 Å². The van der Waals surface area contributed by atoms with E-state index in [0.29, 0.717) is 12.3 Å². The Labute approximate surface area is 200 Å². The van der Waals surface area contributed by atoms with Crippen LogP contribution in [0.4, 0.5) is 11.4 Å². The average molecular weight is 483 g/mol. The minimum Gasteiger partial charge on any atom is -0.493 e. The van der Waals surface area contributed by atoms with E-state index in [4.69, 9.17) is 18.6 Å². The summed E-state index contributed by atoms with van der Waals surface area (Å²) >= 11 is 1.67. The van der Waals surface area contributed by atoms with E-state index in [1.807, 2.05) is 24.3 Å². The van der Waals surface area contributed by atoms with Crippen molar-refractivity contribution in [1.29, 1.82) is 0 Å². The maximum absolute atomic E-state index is 13.0. The molecule has 0 saturated heterocycles. The molecule has 2 amide bonds. The van der Waals surface area contributed by atoms with E-state index in [2.05, 4.69) is 5.32 Å². The molecule has 2 aromatic carbocycles. The predicted molar refractivity (Wildman–Crippen MR) is 126 cm³/mol. The number of nitrogens with zero attached hydrogens (tertiary/aromatic N) is 1. The Morgan fingerprint density at radius 1 is 1.06 bits per heavy atom. The highest BCUT2D eigenvalue weighted by molar-refractivity contribution is 7.99. The molecule has 34 heavy (non-hydrogen) atoms. The van der Waals surface area contributed by atoms with Crippen LogP contribution in [0.1, 0.15) is 20.9 Å². The van der Waals surface area contributed by atoms with Crippen molar-refractivity contribution in [3.05, 3.63) is 66.1 Å². The number of rotatable bonds is 7. The van der Waals surface area contributed by atoms with Crippen molar-refractivity contribution in [2.45, 2.75) is 4.90 Å². The molecule has 1 aliphatic heterocycles. The number of fused-ring (bicyclic) bond motifs is 1. The molecule has 0 fully saturated rings. The Balaban J connectivity index is 1.54. The second-order valence-electron chi connectivity index (χ2n) is 7.12. The van der Waals surface area contributed by atoms with Crippen molar-refractivity contribution in [2.24, 2.45) is 0 Å². The van der Waals surface area contributed by atoms with Gasteiger partial charge in [-0.2, -0.15) is 0 Å². The van der Waals surface area contributed by atoms with Crippen molar-refractivity contribution in [1.82, 2.24) is 0 Å². The summed E-state index contributed by atoms with van der Waals surface area (Å²) in [5.41, 5.74) is 0.911. The SMILES string of the molecule is COc1cc(NC(=O)c2ccco2)c(C(=O)OCC(=O)N2CCSc3ccccc32)cc1OC. The standard InChI is InChI=1S/C24H22N2O7S/c1-30-19-12-15(16(13-20(19)31-2)25-23(28)18-7-5-10-32-18)24(29)33-14-22(27)26-9-11-34-21-8-4-3-6-17(21)26/h3-8,10,12-13H,9,11,14H2,1-2H3,(H,25,28). The van der Waals surface area contributed by atoms with Gasteiger partial charge in [0.1, 0.15) is 0 Å². The van der Waals surface area contributed by atoms with Crippen molar-refractivity contribution in [3.8, 4) is 11.5 Å². The molecule has 0 bridgehead atoms. The number of methoxy groups -OCH3 is 2. The minimum atomic E-state index is -0.802. The number of hydrogen-bond acceptors (Lipinski definition) is 8. The molecule has 1 aliphatic rings. The minimum absolute atomic E-state index is 0.0000408. The number of para-hydroxylation sites is 1. The summed E-state index contributed by atoms with van der Waals surface area (Å²) < 4.78 is 21.0. The first-order valence-electron chi connectivity index (χ1n) is 10.3. The highest BCUT2D eigenvalue weighted by Crippen LogP contribution is 2.35. The number of esters is 1. The summed E-state index contributed by atoms with van der Waals surface area (Å²) in [4.78, 5) is 40.9. The molecule has 9 nitrogen and oxygen atoms in total. The van der Waals surface area contributed by atoms with Gasteiger partial charge in [0.2, 0.25) is 0 Å². The quantitative estimate of drug-likeness (QED) is 0.506. The van der Waals surface area contributed by atoms with Crippen LogP contribution in [0.5, 0.6) is 11.5 Å². The van der Waals surface area contributed by atoms with Crippen LogP contribution in [-0.2, 0) is 9.53 Å². The molecular weight excluding hydrogens is 460 g/mol. The summed E-state index contributed by atoms with van der Waals surface area (Å²) in [5, 5.41) is 2.62. The number of thioether (sulfide) groups is 1. The lowest BCUT2D eigenvalue weighted by molar-refractivity contribution is -0.121. The predicted octanol–water partition coefficient (Wildman–Crippen LogP) is 3.84. The van der Waals surface area contributed by atoms with Gasteiger partial charge in [-0.1, -0.05) is 12.1 Å². The maximum Gasteiger partial charge on any atom is 0.340 e. The molecular formula is C24H22N2O7S. The highest BCUT2D eigenvalue weighted by Gasteiger charge is 2.25. The lowest BCUT2D eigenvalue weighted by Crippen LogP contribution is -2.38. The third-order valence-corrected chi connectivity index (χ3v) is 6.14. The van der Waals surface area contributed by atoms with E-state index in [0.717, 1.165) is 16.3 Å². The number of carbonyl (C=O) groups excluding carboxylic acids is 3. The maximum atomic E-state index is 13.0. The van der Waals surface area contributed by atoms with E-state index in [1.165, 1.54) is 38.7 Å². The largest absolute Gasteiger partial charge is 0.493 e. The van der Waals surface area contributed by atoms with Crippen molar-refractivity contribution >= 4 is 40.9 Å². The molecule has 0 aliphatic carbocycles. The van der Waals surface area contributed by atoms with E-state index >= 15 is 0 Å². The number of furan rings is 1. The van der Waals surface area contributed by atoms with Crippen molar-refractivity contribution in [2.75, 3.05) is 43.3 Å². The van der Waals surface area contributed by atoms with Crippen molar-refractivity contribution < 1.29 is 33.0 Å². The molecule has 2 heterocycles. The Bertz CT molecular complexity index is 1210. The van der Waals surface area contributed by atoms with Crippen LogP contribution in [0.3, 0.4) is 0 Å². The van der Waals surface area contributed by atoms with Gasteiger partial charge in [0.25, 0.3) is 11.8 Å². The van der Waals surface area contributed by atoms with Gasteiger partial charge in [-0.25, -0.2) is 4.79 Å². The molecule has 3 aromatic rings. The first-order valence-corrected chi connectivity index (χ1v) is 11.3. The van der Waals surface area contributed by atoms with Crippen LogP contribution in [0.25, 0.3) is 0 Å². The van der Waals surface area contributed by atoms with Gasteiger partial charge in [-0.15, -0.1) is 11.8 Å². The zero-order valence-corrected chi connectivity index (χ0v) is 19.3. The van der Waals surface area contributed by atoms with Crippen LogP contribution in [0.15, 0.2) is 64.1 Å². The Morgan fingerprint density at radius 2 is 1.82 bits per heavy atom. The molecule has 0 unspecified atom stereocenters. The lowest BCUT2D eigenvalue weighted by atomic mass is 10.1. The molecule has 0 spiro atoms. The Kier molecular flexibility index (Phi) is 7.07. The van der Waals surface area contributed by atoms with Crippen LogP contribution in [0, 0.1) is 0 Å². The molecule has 10 heteroatoms. The van der Waals surface area contributed by atoms with E-state index < -0.39 is 18.5 Å². The number of hydrogen-bond donors (Lipinski definition) is 1. The normalized spacial score (nSPS) is 12.5. The lowest BCUT2D eigenvalue weighted by Gasteiger charge is -2.28. The summed E-state index contributed by atoms with van der Waals surface area (Å²) in [6, 6.07) is 13.5. The molecule has 0 saturated carbocycles. The van der Waals surface area contributed by atoms with E-state index in [-0.39, 0.29) is 28.7 Å². The number of benzene rings is 2. The zero-order valence-electron chi connectivity index (χ0n) is 18.5. The van der Waals surface area contributed by atoms with Gasteiger partial charge < -0.3 is 28.8 Å². The fraction of sp³-hybridized carbons (Fsp3) is 0.208. The summed E-state index contributed by atoms with van der Waals surface area (Å²) in [7, 11) is 2.85. The topological polar surface area (TPSA) is 107 Å². The highest BCUT2D eigenvalue weighted by atomic mass is 32.2. The number of anilines is 2. The van der Waals surface area contributed by atoms with Gasteiger partial charge in [0.15, 0.2) is 23.9 Å². The van der Waals surface area contributed by atoms with Gasteiger partial charge in [0, 0.05) is 29.3 Å². The first kappa shape index (κ1) is 23.2. The molecule has 0 radical (unpaired) electrons. The van der Waals surface area contributed by atoms with Crippen LogP contribution >= 0.6 is 11.8 Å². The molecule has 4 rings (SSSR count). The first-order chi connectivity index (χ1) is 16.5. The van der Waals surface area contributed by atoms with E-state index in [9.17, 15) is 14.4 Å². The fourth-order valence-electron chi connectivity index (χ4n) is 3.45. The van der Waals surface area contributed by atoms with E-state index in [1.54, 1.807) is 22.7 Å². The number of carbonyl (C=O) groups is 3. The third kappa shape index (κ3) is 4.86. The number of ether oxygens (including phenoxy) is 3. The van der Waals surface area contributed by atoms with Gasteiger partial charge >= 0.3 is 5.97 Å². The number of amides is 2. The smallest absolute Gasteiger partial charge is 0.340 e. The Morgan fingerprint density at radius 3 is 2.56 bits per heavy atom. The molecule has 0 atom stereocenters. The average Bonchev–Trinajstić information content (AvgIpc) is 3.41. The zero-order chi connectivity index (χ0) is 24.1. The third-order valence-electron chi connectivity index (χ3n) is 5.09.